The molecule has 3 heterocycles. The summed E-state index contributed by atoms with van der Waals surface area (Å²) in [4.78, 5) is 25.7. The number of imidazole rings is 1. The van der Waals surface area contributed by atoms with Gasteiger partial charge in [-0.3, -0.25) is 9.88 Å². The normalized spacial score (nSPS) is 12.0. The molecule has 35 heavy (non-hydrogen) atoms. The number of anilines is 3. The van der Waals surface area contributed by atoms with Gasteiger partial charge in [0.05, 0.1) is 16.8 Å². The molecule has 0 aliphatic carbocycles. The molecule has 3 aromatic heterocycles. The first-order valence-electron chi connectivity index (χ1n) is 10.7. The molecule has 0 unspecified atom stereocenters. The number of fused-ring (bicyclic) bond motifs is 1. The summed E-state index contributed by atoms with van der Waals surface area (Å²) in [6.07, 6.45) is -3.47. The number of pyridine rings is 2. The number of benzene rings is 1. The number of aryl methyl sites for hydroxylation is 1. The number of nitrogens with zero attached hydrogens (tertiary/aromatic N) is 4. The highest BCUT2D eigenvalue weighted by atomic mass is 19.4. The van der Waals surface area contributed by atoms with Crippen LogP contribution in [0.3, 0.4) is 0 Å². The Balaban J connectivity index is 1.74. The summed E-state index contributed by atoms with van der Waals surface area (Å²) in [5.41, 5.74) is 0.514. The number of halogens is 3. The quantitative estimate of drug-likeness (QED) is 0.357. The second-order valence-corrected chi connectivity index (χ2v) is 8.77. The molecule has 1 aromatic carbocycles. The SMILES string of the molecule is Cc1nc2ncccc2n1-c1cc(NC(=O)OC(C)(C)C)cc(Nc2ccc(C(F)(F)F)cc2)n1. The van der Waals surface area contributed by atoms with E-state index in [1.807, 2.05) is 6.07 Å². The minimum Gasteiger partial charge on any atom is -0.444 e. The fourth-order valence-electron chi connectivity index (χ4n) is 3.39. The third-order valence-electron chi connectivity index (χ3n) is 4.77. The average Bonchev–Trinajstić information content (AvgIpc) is 3.07. The largest absolute Gasteiger partial charge is 0.444 e. The molecule has 1 amide bonds. The van der Waals surface area contributed by atoms with Crippen molar-refractivity contribution in [2.75, 3.05) is 10.6 Å². The third kappa shape index (κ3) is 5.68. The Labute approximate surface area is 199 Å². The topological polar surface area (TPSA) is 94.0 Å². The molecule has 0 bridgehead atoms. The van der Waals surface area contributed by atoms with Crippen molar-refractivity contribution >= 4 is 34.4 Å². The lowest BCUT2D eigenvalue weighted by atomic mass is 10.2. The standard InChI is InChI=1S/C24H23F3N6O2/c1-14-29-21-18(6-5-11-28-21)33(14)20-13-17(31-22(34)35-23(2,3)4)12-19(32-20)30-16-9-7-15(8-10-16)24(25,26)27/h5-13H,1-4H3,(H2,30,31,32,34). The van der Waals surface area contributed by atoms with Gasteiger partial charge < -0.3 is 10.1 Å². The second-order valence-electron chi connectivity index (χ2n) is 8.77. The van der Waals surface area contributed by atoms with E-state index in [1.54, 1.807) is 56.7 Å². The van der Waals surface area contributed by atoms with E-state index in [4.69, 9.17) is 4.74 Å². The molecule has 0 radical (unpaired) electrons. The first kappa shape index (κ1) is 24.0. The first-order valence-corrected chi connectivity index (χ1v) is 10.7. The van der Waals surface area contributed by atoms with Gasteiger partial charge in [-0.1, -0.05) is 0 Å². The van der Waals surface area contributed by atoms with Crippen molar-refractivity contribution in [2.24, 2.45) is 0 Å². The number of amides is 1. The highest BCUT2D eigenvalue weighted by Gasteiger charge is 2.30. The van der Waals surface area contributed by atoms with Crippen molar-refractivity contribution in [3.8, 4) is 5.82 Å². The minimum absolute atomic E-state index is 0.290. The maximum atomic E-state index is 12.9. The number of alkyl halides is 3. The molecule has 0 spiro atoms. The Morgan fingerprint density at radius 3 is 2.37 bits per heavy atom. The van der Waals surface area contributed by atoms with Crippen molar-refractivity contribution in [1.82, 2.24) is 19.5 Å². The Morgan fingerprint density at radius 1 is 1.00 bits per heavy atom. The molecular formula is C24H23F3N6O2. The number of hydrogen-bond acceptors (Lipinski definition) is 6. The number of aromatic nitrogens is 4. The van der Waals surface area contributed by atoms with Gasteiger partial charge in [-0.2, -0.15) is 13.2 Å². The van der Waals surface area contributed by atoms with Crippen molar-refractivity contribution in [3.05, 3.63) is 66.1 Å². The van der Waals surface area contributed by atoms with Crippen LogP contribution >= 0.6 is 0 Å². The molecule has 0 aliphatic rings. The fourth-order valence-corrected chi connectivity index (χ4v) is 3.39. The molecule has 8 nitrogen and oxygen atoms in total. The van der Waals surface area contributed by atoms with Gasteiger partial charge in [0.2, 0.25) is 0 Å². The maximum absolute atomic E-state index is 12.9. The zero-order valence-electron chi connectivity index (χ0n) is 19.4. The molecule has 0 saturated carbocycles. The van der Waals surface area contributed by atoms with E-state index in [-0.39, 0.29) is 0 Å². The number of carbonyl (C=O) groups is 1. The summed E-state index contributed by atoms with van der Waals surface area (Å²) in [6.45, 7) is 7.03. The van der Waals surface area contributed by atoms with Crippen LogP contribution in [0.5, 0.6) is 0 Å². The van der Waals surface area contributed by atoms with Crippen LogP contribution in [0.2, 0.25) is 0 Å². The van der Waals surface area contributed by atoms with Gasteiger partial charge in [0.25, 0.3) is 0 Å². The summed E-state index contributed by atoms with van der Waals surface area (Å²) in [5.74, 6) is 1.32. The van der Waals surface area contributed by atoms with E-state index < -0.39 is 23.4 Å². The summed E-state index contributed by atoms with van der Waals surface area (Å²) >= 11 is 0. The van der Waals surface area contributed by atoms with Crippen LogP contribution in [-0.2, 0) is 10.9 Å². The lowest BCUT2D eigenvalue weighted by molar-refractivity contribution is -0.137. The minimum atomic E-state index is -4.44. The lowest BCUT2D eigenvalue weighted by Crippen LogP contribution is -2.27. The molecular weight excluding hydrogens is 461 g/mol. The Hall–Kier alpha value is -4.15. The molecule has 4 rings (SSSR count). The zero-order chi connectivity index (χ0) is 25.4. The Morgan fingerprint density at radius 2 is 1.71 bits per heavy atom. The van der Waals surface area contributed by atoms with Crippen LogP contribution in [0.15, 0.2) is 54.7 Å². The van der Waals surface area contributed by atoms with E-state index in [9.17, 15) is 18.0 Å². The third-order valence-corrected chi connectivity index (χ3v) is 4.77. The van der Waals surface area contributed by atoms with Crippen LogP contribution in [0.4, 0.5) is 35.2 Å². The van der Waals surface area contributed by atoms with Crippen LogP contribution in [0.25, 0.3) is 17.0 Å². The van der Waals surface area contributed by atoms with Gasteiger partial charge in [0.15, 0.2) is 5.65 Å². The molecule has 0 atom stereocenters. The smallest absolute Gasteiger partial charge is 0.416 e. The van der Waals surface area contributed by atoms with Crippen LogP contribution in [0, 0.1) is 6.92 Å². The number of ether oxygens (including phenoxy) is 1. The number of hydrogen-bond donors (Lipinski definition) is 2. The van der Waals surface area contributed by atoms with Gasteiger partial charge in [-0.15, -0.1) is 0 Å². The highest BCUT2D eigenvalue weighted by molar-refractivity contribution is 5.86. The van der Waals surface area contributed by atoms with Gasteiger partial charge in [0, 0.05) is 24.0 Å². The van der Waals surface area contributed by atoms with Crippen LogP contribution in [0.1, 0.15) is 32.2 Å². The van der Waals surface area contributed by atoms with Crippen molar-refractivity contribution < 1.29 is 22.7 Å². The van der Waals surface area contributed by atoms with Crippen molar-refractivity contribution in [2.45, 2.75) is 39.5 Å². The summed E-state index contributed by atoms with van der Waals surface area (Å²) in [7, 11) is 0. The first-order chi connectivity index (χ1) is 16.4. The van der Waals surface area contributed by atoms with Crippen LogP contribution in [-0.4, -0.2) is 31.2 Å². The summed E-state index contributed by atoms with van der Waals surface area (Å²) in [6, 6.07) is 11.4. The lowest BCUT2D eigenvalue weighted by Gasteiger charge is -2.20. The number of nitrogens with one attached hydrogen (secondary N) is 2. The maximum Gasteiger partial charge on any atom is 0.416 e. The highest BCUT2D eigenvalue weighted by Crippen LogP contribution is 2.31. The zero-order valence-corrected chi connectivity index (χ0v) is 19.4. The number of carbonyl (C=O) groups excluding carboxylic acids is 1. The van der Waals surface area contributed by atoms with Gasteiger partial charge in [0.1, 0.15) is 23.1 Å². The molecule has 0 fully saturated rings. The van der Waals surface area contributed by atoms with Crippen LogP contribution < -0.4 is 10.6 Å². The Kier molecular flexibility index (Phi) is 6.10. The van der Waals surface area contributed by atoms with E-state index in [0.717, 1.165) is 12.1 Å². The Bertz CT molecular complexity index is 1380. The van der Waals surface area contributed by atoms with Gasteiger partial charge >= 0.3 is 12.3 Å². The van der Waals surface area contributed by atoms with E-state index in [1.165, 1.54) is 12.1 Å². The average molecular weight is 484 g/mol. The molecule has 182 valence electrons. The van der Waals surface area contributed by atoms with E-state index in [0.29, 0.717) is 40.0 Å². The van der Waals surface area contributed by atoms with Gasteiger partial charge in [-0.05, 0) is 64.1 Å². The molecule has 2 N–H and O–H groups in total. The monoisotopic (exact) mass is 484 g/mol. The second kappa shape index (κ2) is 8.90. The summed E-state index contributed by atoms with van der Waals surface area (Å²) < 4.78 is 45.9. The molecule has 4 aromatic rings. The predicted molar refractivity (Wildman–Crippen MR) is 126 cm³/mol. The molecule has 0 saturated heterocycles. The molecule has 0 aliphatic heterocycles. The van der Waals surface area contributed by atoms with Crippen molar-refractivity contribution in [1.29, 1.82) is 0 Å². The summed E-state index contributed by atoms with van der Waals surface area (Å²) in [5, 5.41) is 5.68. The van der Waals surface area contributed by atoms with E-state index >= 15 is 0 Å². The molecule has 11 heteroatoms. The predicted octanol–water partition coefficient (Wildman–Crippen LogP) is 6.23. The fraction of sp³-hybridized carbons (Fsp3) is 0.250. The number of rotatable bonds is 4. The van der Waals surface area contributed by atoms with Gasteiger partial charge in [-0.25, -0.2) is 19.7 Å². The van der Waals surface area contributed by atoms with E-state index in [2.05, 4.69) is 25.6 Å². The van der Waals surface area contributed by atoms with Crippen molar-refractivity contribution in [3.63, 3.8) is 0 Å².